The fourth-order valence-corrected chi connectivity index (χ4v) is 1.98. The third kappa shape index (κ3) is 2.88. The Bertz CT molecular complexity index is 636. The van der Waals surface area contributed by atoms with E-state index >= 15 is 0 Å². The first-order chi connectivity index (χ1) is 9.51. The first-order valence-corrected chi connectivity index (χ1v) is 6.25. The molecule has 2 aromatic rings. The molecule has 0 bridgehead atoms. The van der Waals surface area contributed by atoms with Crippen LogP contribution in [-0.2, 0) is 0 Å². The van der Waals surface area contributed by atoms with Gasteiger partial charge in [-0.25, -0.2) is 4.98 Å². The van der Waals surface area contributed by atoms with Crippen molar-refractivity contribution >= 4 is 11.6 Å². The van der Waals surface area contributed by atoms with Gasteiger partial charge in [0, 0.05) is 18.4 Å². The third-order valence-corrected chi connectivity index (χ3v) is 2.92. The number of rotatable bonds is 4. The van der Waals surface area contributed by atoms with Crippen molar-refractivity contribution in [2.24, 2.45) is 5.73 Å². The third-order valence-electron chi connectivity index (χ3n) is 2.92. The van der Waals surface area contributed by atoms with Gasteiger partial charge in [0.15, 0.2) is 0 Å². The summed E-state index contributed by atoms with van der Waals surface area (Å²) in [6.07, 6.45) is 0. The number of hydrogen-bond donors (Lipinski definition) is 2. The van der Waals surface area contributed by atoms with Crippen LogP contribution < -0.4 is 15.8 Å². The second-order valence-corrected chi connectivity index (χ2v) is 4.50. The Morgan fingerprint density at radius 2 is 1.90 bits per heavy atom. The summed E-state index contributed by atoms with van der Waals surface area (Å²) in [6.45, 7) is 3.65. The lowest BCUT2D eigenvalue weighted by Crippen LogP contribution is -2.15. The molecule has 0 aliphatic rings. The molecule has 0 unspecified atom stereocenters. The Morgan fingerprint density at radius 3 is 2.45 bits per heavy atom. The number of hydrogen-bond acceptors (Lipinski definition) is 4. The number of carbonyl (C=O) groups is 1. The molecule has 5 heteroatoms. The smallest absolute Gasteiger partial charge is 0.254 e. The molecule has 0 aliphatic carbocycles. The number of aryl methyl sites for hydroxylation is 2. The molecule has 3 N–H and O–H groups in total. The Hall–Kier alpha value is -2.56. The maximum atomic E-state index is 11.5. The van der Waals surface area contributed by atoms with Crippen LogP contribution in [0, 0.1) is 13.8 Å². The summed E-state index contributed by atoms with van der Waals surface area (Å²) in [5.74, 6) is 0.299. The topological polar surface area (TPSA) is 77.2 Å². The van der Waals surface area contributed by atoms with E-state index in [-0.39, 0.29) is 5.88 Å². The van der Waals surface area contributed by atoms with Crippen LogP contribution in [0.1, 0.15) is 21.6 Å². The zero-order chi connectivity index (χ0) is 14.7. The highest BCUT2D eigenvalue weighted by atomic mass is 16.5. The SMILES string of the molecule is CNc1ccc(Oc2nc(C)cc(C)c2C(N)=O)cc1. The lowest BCUT2D eigenvalue weighted by atomic mass is 10.1. The molecule has 0 saturated carbocycles. The predicted molar refractivity (Wildman–Crippen MR) is 78.3 cm³/mol. The van der Waals surface area contributed by atoms with Crippen molar-refractivity contribution in [1.29, 1.82) is 0 Å². The fraction of sp³-hybridized carbons (Fsp3) is 0.200. The highest BCUT2D eigenvalue weighted by Crippen LogP contribution is 2.26. The second kappa shape index (κ2) is 5.61. The fourth-order valence-electron chi connectivity index (χ4n) is 1.98. The molecule has 2 rings (SSSR count). The van der Waals surface area contributed by atoms with Crippen molar-refractivity contribution in [2.45, 2.75) is 13.8 Å². The summed E-state index contributed by atoms with van der Waals surface area (Å²) >= 11 is 0. The van der Waals surface area contributed by atoms with Crippen LogP contribution in [0.5, 0.6) is 11.6 Å². The molecular formula is C15H17N3O2. The van der Waals surface area contributed by atoms with Gasteiger partial charge in [-0.1, -0.05) is 0 Å². The molecule has 0 fully saturated rings. The van der Waals surface area contributed by atoms with E-state index in [9.17, 15) is 4.79 Å². The molecule has 0 radical (unpaired) electrons. The number of amides is 1. The summed E-state index contributed by atoms with van der Waals surface area (Å²) in [5, 5.41) is 3.02. The number of nitrogens with one attached hydrogen (secondary N) is 1. The van der Waals surface area contributed by atoms with Gasteiger partial charge >= 0.3 is 0 Å². The van der Waals surface area contributed by atoms with Crippen molar-refractivity contribution in [2.75, 3.05) is 12.4 Å². The quantitative estimate of drug-likeness (QED) is 0.896. The number of nitrogens with zero attached hydrogens (tertiary/aromatic N) is 1. The normalized spacial score (nSPS) is 10.2. The molecule has 0 saturated heterocycles. The van der Waals surface area contributed by atoms with Crippen molar-refractivity contribution < 1.29 is 9.53 Å². The highest BCUT2D eigenvalue weighted by Gasteiger charge is 2.16. The summed E-state index contributed by atoms with van der Waals surface area (Å²) in [5.41, 5.74) is 8.21. The number of nitrogens with two attached hydrogens (primary N) is 1. The molecule has 1 heterocycles. The summed E-state index contributed by atoms with van der Waals surface area (Å²) in [7, 11) is 1.84. The van der Waals surface area contributed by atoms with Crippen molar-refractivity contribution in [3.05, 3.63) is 47.2 Å². The number of carbonyl (C=O) groups excluding carboxylic acids is 1. The lowest BCUT2D eigenvalue weighted by molar-refractivity contribution is 0.0997. The van der Waals surface area contributed by atoms with E-state index in [0.29, 0.717) is 11.3 Å². The van der Waals surface area contributed by atoms with Crippen LogP contribution in [0.2, 0.25) is 0 Å². The van der Waals surface area contributed by atoms with Gasteiger partial charge in [-0.05, 0) is 49.7 Å². The molecule has 20 heavy (non-hydrogen) atoms. The monoisotopic (exact) mass is 271 g/mol. The Balaban J connectivity index is 2.39. The maximum absolute atomic E-state index is 11.5. The zero-order valence-corrected chi connectivity index (χ0v) is 11.7. The first-order valence-electron chi connectivity index (χ1n) is 6.25. The molecule has 1 aromatic heterocycles. The average Bonchev–Trinajstić information content (AvgIpc) is 2.38. The molecule has 0 aliphatic heterocycles. The number of pyridine rings is 1. The molecule has 0 spiro atoms. The minimum absolute atomic E-state index is 0.243. The molecule has 5 nitrogen and oxygen atoms in total. The van der Waals surface area contributed by atoms with E-state index in [4.69, 9.17) is 10.5 Å². The lowest BCUT2D eigenvalue weighted by Gasteiger charge is -2.11. The average molecular weight is 271 g/mol. The van der Waals surface area contributed by atoms with Gasteiger partial charge in [0.1, 0.15) is 11.3 Å². The van der Waals surface area contributed by atoms with E-state index < -0.39 is 5.91 Å². The Kier molecular flexibility index (Phi) is 3.89. The van der Waals surface area contributed by atoms with E-state index in [1.165, 1.54) is 0 Å². The van der Waals surface area contributed by atoms with E-state index in [2.05, 4.69) is 10.3 Å². The number of ether oxygens (including phenoxy) is 1. The molecular weight excluding hydrogens is 254 g/mol. The standard InChI is InChI=1S/C15H17N3O2/c1-9-8-10(2)18-15(13(9)14(16)19)20-12-6-4-11(17-3)5-7-12/h4-8,17H,1-3H3,(H2,16,19). The second-order valence-electron chi connectivity index (χ2n) is 4.50. The zero-order valence-electron chi connectivity index (χ0n) is 11.7. The predicted octanol–water partition coefficient (Wildman–Crippen LogP) is 2.63. The molecule has 1 amide bonds. The van der Waals surface area contributed by atoms with Gasteiger partial charge in [-0.15, -0.1) is 0 Å². The highest BCUT2D eigenvalue weighted by molar-refractivity contribution is 5.96. The van der Waals surface area contributed by atoms with Gasteiger partial charge in [-0.3, -0.25) is 4.79 Å². The van der Waals surface area contributed by atoms with Gasteiger partial charge in [0.25, 0.3) is 5.91 Å². The van der Waals surface area contributed by atoms with Crippen molar-refractivity contribution in [3.8, 4) is 11.6 Å². The minimum atomic E-state index is -0.545. The summed E-state index contributed by atoms with van der Waals surface area (Å²) in [6, 6.07) is 9.16. The van der Waals surface area contributed by atoms with Crippen LogP contribution >= 0.6 is 0 Å². The van der Waals surface area contributed by atoms with Crippen LogP contribution in [0.3, 0.4) is 0 Å². The number of aromatic nitrogens is 1. The Morgan fingerprint density at radius 1 is 1.25 bits per heavy atom. The van der Waals surface area contributed by atoms with Crippen LogP contribution in [0.15, 0.2) is 30.3 Å². The molecule has 104 valence electrons. The van der Waals surface area contributed by atoms with E-state index in [1.54, 1.807) is 18.2 Å². The van der Waals surface area contributed by atoms with Crippen molar-refractivity contribution in [3.63, 3.8) is 0 Å². The van der Waals surface area contributed by atoms with Crippen LogP contribution in [0.25, 0.3) is 0 Å². The molecule has 0 atom stereocenters. The minimum Gasteiger partial charge on any atom is -0.438 e. The largest absolute Gasteiger partial charge is 0.438 e. The van der Waals surface area contributed by atoms with Gasteiger partial charge < -0.3 is 15.8 Å². The Labute approximate surface area is 117 Å². The van der Waals surface area contributed by atoms with Crippen LogP contribution in [0.4, 0.5) is 5.69 Å². The van der Waals surface area contributed by atoms with E-state index in [0.717, 1.165) is 16.9 Å². The van der Waals surface area contributed by atoms with E-state index in [1.807, 2.05) is 33.0 Å². The molecule has 1 aromatic carbocycles. The number of primary amides is 1. The van der Waals surface area contributed by atoms with Crippen molar-refractivity contribution in [1.82, 2.24) is 4.98 Å². The van der Waals surface area contributed by atoms with Gasteiger partial charge in [-0.2, -0.15) is 0 Å². The maximum Gasteiger partial charge on any atom is 0.254 e. The van der Waals surface area contributed by atoms with Gasteiger partial charge in [0.05, 0.1) is 0 Å². The number of anilines is 1. The first kappa shape index (κ1) is 13.9. The van der Waals surface area contributed by atoms with Gasteiger partial charge in [0.2, 0.25) is 5.88 Å². The number of benzene rings is 1. The van der Waals surface area contributed by atoms with Crippen LogP contribution in [-0.4, -0.2) is 17.9 Å². The summed E-state index contributed by atoms with van der Waals surface area (Å²) < 4.78 is 5.69. The summed E-state index contributed by atoms with van der Waals surface area (Å²) in [4.78, 5) is 15.8.